The Hall–Kier alpha value is -1.15. The number of halogens is 1. The van der Waals surface area contributed by atoms with Gasteiger partial charge in [0, 0.05) is 11.6 Å². The molecule has 1 aromatic rings. The molecule has 2 nitrogen and oxygen atoms in total. The van der Waals surface area contributed by atoms with E-state index < -0.39 is 0 Å². The molecule has 0 spiro atoms. The van der Waals surface area contributed by atoms with Crippen LogP contribution in [0.3, 0.4) is 0 Å². The van der Waals surface area contributed by atoms with E-state index in [1.165, 1.54) is 5.56 Å². The van der Waals surface area contributed by atoms with Crippen molar-refractivity contribution in [3.63, 3.8) is 0 Å². The Labute approximate surface area is 95.1 Å². The lowest BCUT2D eigenvalue weighted by atomic mass is 10.0. The van der Waals surface area contributed by atoms with Crippen molar-refractivity contribution in [2.75, 3.05) is 6.54 Å². The molecule has 2 rings (SSSR count). The van der Waals surface area contributed by atoms with E-state index in [0.717, 1.165) is 30.2 Å². The molecule has 1 aliphatic rings. The van der Waals surface area contributed by atoms with Gasteiger partial charge in [0.2, 0.25) is 0 Å². The maximum Gasteiger partial charge on any atom is 0.0922 e. The van der Waals surface area contributed by atoms with E-state index in [2.05, 4.69) is 17.5 Å². The van der Waals surface area contributed by atoms with Gasteiger partial charge in [-0.2, -0.15) is 0 Å². The van der Waals surface area contributed by atoms with E-state index in [4.69, 9.17) is 17.3 Å². The molecule has 15 heavy (non-hydrogen) atoms. The van der Waals surface area contributed by atoms with Crippen molar-refractivity contribution in [1.82, 2.24) is 5.32 Å². The summed E-state index contributed by atoms with van der Waals surface area (Å²) in [5, 5.41) is 3.99. The molecule has 1 atom stereocenters. The third kappa shape index (κ3) is 2.66. The highest BCUT2D eigenvalue weighted by atomic mass is 35.5. The minimum atomic E-state index is 0.543. The number of rotatable bonds is 3. The van der Waals surface area contributed by atoms with Crippen molar-refractivity contribution in [3.8, 4) is 0 Å². The highest BCUT2D eigenvalue weighted by Gasteiger charge is 2.13. The Morgan fingerprint density at radius 2 is 2.20 bits per heavy atom. The summed E-state index contributed by atoms with van der Waals surface area (Å²) in [4.78, 5) is 0. The molecule has 3 heteroatoms. The molecule has 0 saturated heterocycles. The third-order valence-corrected chi connectivity index (χ3v) is 3.09. The number of nitrogens with one attached hydrogen (secondary N) is 1. The molecule has 1 aliphatic heterocycles. The van der Waals surface area contributed by atoms with Gasteiger partial charge in [-0.3, -0.25) is 0 Å². The molecule has 0 unspecified atom stereocenters. The molecule has 0 saturated carbocycles. The van der Waals surface area contributed by atoms with Crippen LogP contribution in [0.15, 0.2) is 36.2 Å². The Balaban J connectivity index is 1.91. The van der Waals surface area contributed by atoms with Crippen LogP contribution in [0.2, 0.25) is 5.02 Å². The van der Waals surface area contributed by atoms with Gasteiger partial charge in [0.1, 0.15) is 0 Å². The topological polar surface area (TPSA) is 38.0 Å². The SMILES string of the molecule is NC1=C[C@H](CCc2ccccc2Cl)CN1. The van der Waals surface area contributed by atoms with E-state index in [1.54, 1.807) is 0 Å². The van der Waals surface area contributed by atoms with Crippen molar-refractivity contribution in [3.05, 3.63) is 46.7 Å². The van der Waals surface area contributed by atoms with E-state index in [9.17, 15) is 0 Å². The Morgan fingerprint density at radius 1 is 1.40 bits per heavy atom. The minimum Gasteiger partial charge on any atom is -0.386 e. The zero-order valence-corrected chi connectivity index (χ0v) is 9.30. The lowest BCUT2D eigenvalue weighted by molar-refractivity contribution is 0.596. The first-order valence-corrected chi connectivity index (χ1v) is 5.58. The van der Waals surface area contributed by atoms with E-state index in [0.29, 0.717) is 5.92 Å². The number of nitrogens with two attached hydrogens (primary N) is 1. The monoisotopic (exact) mass is 222 g/mol. The molecule has 0 amide bonds. The van der Waals surface area contributed by atoms with Crippen LogP contribution in [-0.2, 0) is 6.42 Å². The average molecular weight is 223 g/mol. The van der Waals surface area contributed by atoms with Gasteiger partial charge in [-0.05, 0) is 36.5 Å². The summed E-state index contributed by atoms with van der Waals surface area (Å²) in [6.07, 6.45) is 4.20. The molecular formula is C12H15ClN2. The van der Waals surface area contributed by atoms with Crippen LogP contribution in [0.5, 0.6) is 0 Å². The highest BCUT2D eigenvalue weighted by molar-refractivity contribution is 6.31. The predicted molar refractivity (Wildman–Crippen MR) is 63.5 cm³/mol. The van der Waals surface area contributed by atoms with Crippen molar-refractivity contribution in [2.24, 2.45) is 11.7 Å². The molecule has 0 bridgehead atoms. The molecular weight excluding hydrogens is 208 g/mol. The number of hydrogen-bond donors (Lipinski definition) is 2. The van der Waals surface area contributed by atoms with Crippen LogP contribution >= 0.6 is 11.6 Å². The maximum atomic E-state index is 6.08. The van der Waals surface area contributed by atoms with Crippen LogP contribution < -0.4 is 11.1 Å². The second kappa shape index (κ2) is 4.58. The summed E-state index contributed by atoms with van der Waals surface area (Å²) in [6.45, 7) is 0.955. The van der Waals surface area contributed by atoms with Gasteiger partial charge in [0.05, 0.1) is 5.82 Å². The van der Waals surface area contributed by atoms with E-state index in [-0.39, 0.29) is 0 Å². The lowest BCUT2D eigenvalue weighted by Crippen LogP contribution is -2.16. The van der Waals surface area contributed by atoms with Gasteiger partial charge in [-0.1, -0.05) is 29.8 Å². The fourth-order valence-corrected chi connectivity index (χ4v) is 2.08. The first-order valence-electron chi connectivity index (χ1n) is 5.20. The smallest absolute Gasteiger partial charge is 0.0922 e. The van der Waals surface area contributed by atoms with Crippen molar-refractivity contribution < 1.29 is 0 Å². The second-order valence-corrected chi connectivity index (χ2v) is 4.30. The molecule has 0 fully saturated rings. The van der Waals surface area contributed by atoms with Gasteiger partial charge in [-0.25, -0.2) is 0 Å². The number of aryl methyl sites for hydroxylation is 1. The fraction of sp³-hybridized carbons (Fsp3) is 0.333. The molecule has 80 valence electrons. The largest absolute Gasteiger partial charge is 0.386 e. The molecule has 3 N–H and O–H groups in total. The quantitative estimate of drug-likeness (QED) is 0.824. The van der Waals surface area contributed by atoms with Gasteiger partial charge in [0.15, 0.2) is 0 Å². The first kappa shape index (κ1) is 10.4. The predicted octanol–water partition coefficient (Wildman–Crippen LogP) is 2.29. The van der Waals surface area contributed by atoms with E-state index >= 15 is 0 Å². The highest BCUT2D eigenvalue weighted by Crippen LogP contribution is 2.20. The lowest BCUT2D eigenvalue weighted by Gasteiger charge is -2.07. The normalized spacial score (nSPS) is 19.8. The summed E-state index contributed by atoms with van der Waals surface area (Å²) >= 11 is 6.08. The molecule has 1 heterocycles. The van der Waals surface area contributed by atoms with Crippen molar-refractivity contribution in [2.45, 2.75) is 12.8 Å². The molecule has 0 aromatic heterocycles. The van der Waals surface area contributed by atoms with Gasteiger partial charge < -0.3 is 11.1 Å². The summed E-state index contributed by atoms with van der Waals surface area (Å²) in [6, 6.07) is 8.00. The molecule has 0 radical (unpaired) electrons. The van der Waals surface area contributed by atoms with Crippen molar-refractivity contribution in [1.29, 1.82) is 0 Å². The summed E-state index contributed by atoms with van der Waals surface area (Å²) in [5.74, 6) is 1.35. The molecule has 0 aliphatic carbocycles. The van der Waals surface area contributed by atoms with E-state index in [1.807, 2.05) is 18.2 Å². The fourth-order valence-electron chi connectivity index (χ4n) is 1.85. The van der Waals surface area contributed by atoms with Crippen LogP contribution in [0.1, 0.15) is 12.0 Å². The zero-order chi connectivity index (χ0) is 10.7. The number of hydrogen-bond acceptors (Lipinski definition) is 2. The average Bonchev–Trinajstić information content (AvgIpc) is 2.63. The first-order chi connectivity index (χ1) is 7.25. The summed E-state index contributed by atoms with van der Waals surface area (Å²) in [7, 11) is 0. The van der Waals surface area contributed by atoms with Gasteiger partial charge in [0.25, 0.3) is 0 Å². The third-order valence-electron chi connectivity index (χ3n) is 2.73. The second-order valence-electron chi connectivity index (χ2n) is 3.89. The van der Waals surface area contributed by atoms with Crippen LogP contribution in [-0.4, -0.2) is 6.54 Å². The van der Waals surface area contributed by atoms with Gasteiger partial charge >= 0.3 is 0 Å². The van der Waals surface area contributed by atoms with Gasteiger partial charge in [-0.15, -0.1) is 0 Å². The summed E-state index contributed by atoms with van der Waals surface area (Å²) < 4.78 is 0. The standard InChI is InChI=1S/C12H15ClN2/c13-11-4-2-1-3-10(11)6-5-9-7-12(14)15-8-9/h1-4,7,9,15H,5-6,8,14H2/t9-/m0/s1. The molecule has 1 aromatic carbocycles. The van der Waals surface area contributed by atoms with Crippen LogP contribution in [0.4, 0.5) is 0 Å². The Kier molecular flexibility index (Phi) is 3.17. The maximum absolute atomic E-state index is 6.08. The van der Waals surface area contributed by atoms with Crippen LogP contribution in [0.25, 0.3) is 0 Å². The Bertz CT molecular complexity index is 374. The zero-order valence-electron chi connectivity index (χ0n) is 8.54. The number of benzene rings is 1. The van der Waals surface area contributed by atoms with Crippen molar-refractivity contribution >= 4 is 11.6 Å². The summed E-state index contributed by atoms with van der Waals surface area (Å²) in [5.41, 5.74) is 6.87. The van der Waals surface area contributed by atoms with Crippen LogP contribution in [0, 0.1) is 5.92 Å². The Morgan fingerprint density at radius 3 is 2.87 bits per heavy atom. The minimum absolute atomic E-state index is 0.543.